The minimum absolute atomic E-state index is 0.196. The molecule has 0 bridgehead atoms. The van der Waals surface area contributed by atoms with Gasteiger partial charge in [-0.3, -0.25) is 4.98 Å². The average molecular weight is 365 g/mol. The van der Waals surface area contributed by atoms with Crippen LogP contribution in [0, 0.1) is 16.7 Å². The first-order chi connectivity index (χ1) is 12.7. The van der Waals surface area contributed by atoms with E-state index in [4.69, 9.17) is 0 Å². The molecule has 0 unspecified atom stereocenters. The summed E-state index contributed by atoms with van der Waals surface area (Å²) in [6, 6.07) is 11.4. The number of hydrogen-bond acceptors (Lipinski definition) is 4. The van der Waals surface area contributed by atoms with Gasteiger partial charge < -0.3 is 15.1 Å². The van der Waals surface area contributed by atoms with Gasteiger partial charge in [-0.05, 0) is 23.1 Å². The number of rotatable bonds is 4. The summed E-state index contributed by atoms with van der Waals surface area (Å²) in [4.78, 5) is 16.7. The summed E-state index contributed by atoms with van der Waals surface area (Å²) < 4.78 is 0. The first-order valence-electron chi connectivity index (χ1n) is 8.87. The van der Waals surface area contributed by atoms with Crippen molar-refractivity contribution in [3.8, 4) is 6.07 Å². The Morgan fingerprint density at radius 1 is 1.26 bits per heavy atom. The SMILES string of the molecule is CC(C)c1ccc([C@](O)(c2cncc(C#N)c2)C2(C)CN(C(=O)O)C2)cc1. The Kier molecular flexibility index (Phi) is 4.66. The van der Waals surface area contributed by atoms with Gasteiger partial charge in [0.25, 0.3) is 0 Å². The van der Waals surface area contributed by atoms with Gasteiger partial charge >= 0.3 is 6.09 Å². The lowest BCUT2D eigenvalue weighted by Gasteiger charge is -2.55. The van der Waals surface area contributed by atoms with Crippen molar-refractivity contribution in [1.82, 2.24) is 9.88 Å². The number of hydrogen-bond donors (Lipinski definition) is 2. The van der Waals surface area contributed by atoms with Gasteiger partial charge in [-0.2, -0.15) is 5.26 Å². The molecule has 1 saturated heterocycles. The van der Waals surface area contributed by atoms with E-state index in [0.717, 1.165) is 5.56 Å². The normalized spacial score (nSPS) is 17.7. The monoisotopic (exact) mass is 365 g/mol. The summed E-state index contributed by atoms with van der Waals surface area (Å²) in [7, 11) is 0. The van der Waals surface area contributed by atoms with Crippen molar-refractivity contribution in [2.75, 3.05) is 13.1 Å². The molecule has 0 saturated carbocycles. The second-order valence-corrected chi connectivity index (χ2v) is 7.76. The molecule has 1 fully saturated rings. The highest BCUT2D eigenvalue weighted by atomic mass is 16.4. The van der Waals surface area contributed by atoms with Crippen LogP contribution in [0.3, 0.4) is 0 Å². The molecule has 3 rings (SSSR count). The van der Waals surface area contributed by atoms with Crippen LogP contribution in [-0.2, 0) is 5.60 Å². The molecule has 1 aliphatic heterocycles. The van der Waals surface area contributed by atoms with Gasteiger partial charge in [0.05, 0.1) is 5.56 Å². The Balaban J connectivity index is 2.12. The molecule has 0 radical (unpaired) electrons. The molecule has 1 atom stereocenters. The molecule has 6 heteroatoms. The van der Waals surface area contributed by atoms with E-state index in [1.165, 1.54) is 11.1 Å². The molecular weight excluding hydrogens is 342 g/mol. The maximum atomic E-state index is 11.9. The standard InChI is InChI=1S/C21H23N3O3/c1-14(2)16-4-6-17(7-5-16)21(27,18-8-15(9-22)10-23-11-18)20(3)12-24(13-20)19(25)26/h4-8,10-11,14,27H,12-13H2,1-3H3,(H,25,26)/t21-/m0/s1. The molecule has 6 nitrogen and oxygen atoms in total. The number of amides is 1. The Morgan fingerprint density at radius 3 is 2.41 bits per heavy atom. The number of carboxylic acid groups (broad SMARTS) is 1. The number of pyridine rings is 1. The van der Waals surface area contributed by atoms with Gasteiger partial charge in [-0.15, -0.1) is 0 Å². The van der Waals surface area contributed by atoms with Crippen molar-refractivity contribution in [2.45, 2.75) is 32.3 Å². The number of carbonyl (C=O) groups is 1. The van der Waals surface area contributed by atoms with Gasteiger partial charge in [0.2, 0.25) is 0 Å². The zero-order valence-electron chi connectivity index (χ0n) is 15.7. The van der Waals surface area contributed by atoms with E-state index in [0.29, 0.717) is 22.6 Å². The molecule has 2 aromatic rings. The summed E-state index contributed by atoms with van der Waals surface area (Å²) in [5, 5.41) is 30.4. The van der Waals surface area contributed by atoms with Gasteiger partial charge in [0.15, 0.2) is 0 Å². The van der Waals surface area contributed by atoms with Crippen LogP contribution >= 0.6 is 0 Å². The zero-order valence-corrected chi connectivity index (χ0v) is 15.7. The number of aromatic nitrogens is 1. The number of nitriles is 1. The van der Waals surface area contributed by atoms with Crippen molar-refractivity contribution < 1.29 is 15.0 Å². The van der Waals surface area contributed by atoms with E-state index in [2.05, 4.69) is 24.9 Å². The number of aliphatic hydroxyl groups is 1. The van der Waals surface area contributed by atoms with E-state index in [-0.39, 0.29) is 13.1 Å². The van der Waals surface area contributed by atoms with Crippen molar-refractivity contribution in [3.63, 3.8) is 0 Å². The lowest BCUT2D eigenvalue weighted by atomic mass is 9.62. The topological polar surface area (TPSA) is 97.5 Å². The fourth-order valence-corrected chi connectivity index (χ4v) is 3.83. The van der Waals surface area contributed by atoms with Crippen LogP contribution in [0.2, 0.25) is 0 Å². The lowest BCUT2D eigenvalue weighted by molar-refractivity contribution is -0.124. The number of benzene rings is 1. The molecule has 0 aliphatic carbocycles. The molecule has 1 amide bonds. The van der Waals surface area contributed by atoms with Crippen molar-refractivity contribution in [3.05, 3.63) is 65.0 Å². The van der Waals surface area contributed by atoms with Crippen LogP contribution in [0.5, 0.6) is 0 Å². The largest absolute Gasteiger partial charge is 0.465 e. The van der Waals surface area contributed by atoms with Crippen LogP contribution in [0.15, 0.2) is 42.7 Å². The third kappa shape index (κ3) is 3.04. The first kappa shape index (κ1) is 18.9. The highest BCUT2D eigenvalue weighted by molar-refractivity contribution is 5.67. The summed E-state index contributed by atoms with van der Waals surface area (Å²) >= 11 is 0. The third-order valence-corrected chi connectivity index (χ3v) is 5.50. The Labute approximate surface area is 158 Å². The molecule has 2 N–H and O–H groups in total. The molecule has 140 valence electrons. The molecule has 1 aromatic carbocycles. The predicted octanol–water partition coefficient (Wildman–Crippen LogP) is 3.31. The number of likely N-dealkylation sites (tertiary alicyclic amines) is 1. The van der Waals surface area contributed by atoms with Crippen molar-refractivity contribution in [2.24, 2.45) is 5.41 Å². The summed E-state index contributed by atoms with van der Waals surface area (Å²) in [5.74, 6) is 0.359. The second kappa shape index (κ2) is 6.67. The van der Waals surface area contributed by atoms with Gasteiger partial charge in [0, 0.05) is 36.5 Å². The number of nitrogens with zero attached hydrogens (tertiary/aromatic N) is 3. The molecule has 1 aromatic heterocycles. The Bertz CT molecular complexity index is 896. The fourth-order valence-electron chi connectivity index (χ4n) is 3.83. The van der Waals surface area contributed by atoms with E-state index >= 15 is 0 Å². The van der Waals surface area contributed by atoms with Gasteiger partial charge in [-0.25, -0.2) is 4.79 Å². The second-order valence-electron chi connectivity index (χ2n) is 7.76. The van der Waals surface area contributed by atoms with Crippen LogP contribution in [-0.4, -0.2) is 39.3 Å². The average Bonchev–Trinajstić information content (AvgIpc) is 2.64. The van der Waals surface area contributed by atoms with E-state index < -0.39 is 17.1 Å². The maximum absolute atomic E-state index is 11.9. The molecule has 27 heavy (non-hydrogen) atoms. The smallest absolute Gasteiger partial charge is 0.407 e. The maximum Gasteiger partial charge on any atom is 0.407 e. The van der Waals surface area contributed by atoms with Gasteiger partial charge in [-0.1, -0.05) is 45.0 Å². The quantitative estimate of drug-likeness (QED) is 0.866. The van der Waals surface area contributed by atoms with Crippen molar-refractivity contribution in [1.29, 1.82) is 5.26 Å². The highest BCUT2D eigenvalue weighted by Crippen LogP contribution is 2.50. The van der Waals surface area contributed by atoms with E-state index in [1.54, 1.807) is 12.3 Å². The van der Waals surface area contributed by atoms with Crippen LogP contribution in [0.25, 0.3) is 0 Å². The predicted molar refractivity (Wildman–Crippen MR) is 100 cm³/mol. The van der Waals surface area contributed by atoms with Crippen LogP contribution < -0.4 is 0 Å². The molecule has 1 aliphatic rings. The van der Waals surface area contributed by atoms with Crippen LogP contribution in [0.1, 0.15) is 48.9 Å². The Morgan fingerprint density at radius 2 is 1.89 bits per heavy atom. The lowest BCUT2D eigenvalue weighted by Crippen LogP contribution is -2.66. The minimum Gasteiger partial charge on any atom is -0.465 e. The van der Waals surface area contributed by atoms with E-state index in [9.17, 15) is 20.3 Å². The minimum atomic E-state index is -1.46. The summed E-state index contributed by atoms with van der Waals surface area (Å²) in [5.41, 5.74) is 0.454. The fraction of sp³-hybridized carbons (Fsp3) is 0.381. The summed E-state index contributed by atoms with van der Waals surface area (Å²) in [6.07, 6.45) is 1.98. The Hall–Kier alpha value is -2.91. The van der Waals surface area contributed by atoms with Crippen molar-refractivity contribution >= 4 is 6.09 Å². The molecule has 2 heterocycles. The van der Waals surface area contributed by atoms with Gasteiger partial charge in [0.1, 0.15) is 11.7 Å². The highest BCUT2D eigenvalue weighted by Gasteiger charge is 2.57. The zero-order chi connectivity index (χ0) is 19.8. The van der Waals surface area contributed by atoms with Crippen LogP contribution in [0.4, 0.5) is 4.79 Å². The summed E-state index contributed by atoms with van der Waals surface area (Å²) in [6.45, 7) is 6.45. The first-order valence-corrected chi connectivity index (χ1v) is 8.87. The third-order valence-electron chi connectivity index (χ3n) is 5.50. The van der Waals surface area contributed by atoms with E-state index in [1.807, 2.05) is 31.2 Å². The molecular formula is C21H23N3O3. The molecule has 0 spiro atoms.